The van der Waals surface area contributed by atoms with E-state index in [1.165, 1.54) is 20.3 Å². The molecule has 15 heteroatoms. The van der Waals surface area contributed by atoms with Crippen LogP contribution in [0, 0.1) is 36.5 Å². The first-order chi connectivity index (χ1) is 28.8. The number of aromatic hydroxyl groups is 2. The van der Waals surface area contributed by atoms with E-state index in [9.17, 15) is 29.7 Å². The highest BCUT2D eigenvalue weighted by atomic mass is 16.7. The molecule has 1 unspecified atom stereocenters. The fraction of sp³-hybridized carbons (Fsp3) is 0.587. The first-order valence-corrected chi connectivity index (χ1v) is 21.4. The maximum Gasteiger partial charge on any atom is 0.319 e. The second-order valence-electron chi connectivity index (χ2n) is 18.0. The summed E-state index contributed by atoms with van der Waals surface area (Å²) in [5, 5.41) is 39.0. The number of phenolic OH excluding ortho intramolecular Hbond substituents is 2. The molecule has 15 nitrogen and oxygen atoms in total. The number of fused-ring (bicyclic) bond motifs is 1. The number of carbonyl (C=O) groups is 3. The minimum absolute atomic E-state index is 0.0147. The zero-order chi connectivity index (χ0) is 44.7. The fourth-order valence-electron chi connectivity index (χ4n) is 9.27. The molecular weight excluding hydrogens is 783 g/mol. The number of hydrogen-bond donors (Lipinski definition) is 5. The first-order valence-electron chi connectivity index (χ1n) is 21.4. The Bertz CT molecular complexity index is 2280. The molecule has 2 aromatic rings. The highest BCUT2D eigenvalue weighted by molar-refractivity contribution is 6.19. The average molecular weight is 846 g/mol. The summed E-state index contributed by atoms with van der Waals surface area (Å²) in [7, 11) is 1.49. The van der Waals surface area contributed by atoms with Crippen molar-refractivity contribution < 1.29 is 48.7 Å². The Hall–Kier alpha value is -4.83. The number of nitrogens with one attached hydrogen (secondary N) is 1. The van der Waals surface area contributed by atoms with Gasteiger partial charge in [0.25, 0.3) is 11.7 Å². The van der Waals surface area contributed by atoms with Gasteiger partial charge in [0.1, 0.15) is 28.6 Å². The molecule has 0 radical (unpaired) electrons. The Balaban J connectivity index is 1.52. The molecule has 2 aromatic carbocycles. The topological polar surface area (TPSA) is 215 Å². The zero-order valence-corrected chi connectivity index (χ0v) is 37.1. The summed E-state index contributed by atoms with van der Waals surface area (Å²) >= 11 is 0. The molecule has 0 aromatic heterocycles. The second kappa shape index (κ2) is 17.9. The third-order valence-electron chi connectivity index (χ3n) is 12.8. The number of esters is 1. The van der Waals surface area contributed by atoms with Gasteiger partial charge in [-0.25, -0.2) is 0 Å². The Morgan fingerprint density at radius 3 is 2.34 bits per heavy atom. The smallest absolute Gasteiger partial charge is 0.319 e. The number of hydrogen-bond acceptors (Lipinski definition) is 14. The van der Waals surface area contributed by atoms with E-state index < -0.39 is 65.0 Å². The molecule has 0 saturated carbocycles. The minimum atomic E-state index is -1.94. The van der Waals surface area contributed by atoms with Crippen LogP contribution in [0.5, 0.6) is 17.2 Å². The van der Waals surface area contributed by atoms with Crippen LogP contribution in [0.4, 0.5) is 5.69 Å². The molecular formula is C46H63N5O10. The number of rotatable bonds is 5. The molecule has 8 atom stereocenters. The highest BCUT2D eigenvalue weighted by Crippen LogP contribution is 2.50. The number of phenols is 2. The summed E-state index contributed by atoms with van der Waals surface area (Å²) in [6.07, 6.45) is 7.48. The summed E-state index contributed by atoms with van der Waals surface area (Å²) in [5.41, 5.74) is 5.24. The van der Waals surface area contributed by atoms with Gasteiger partial charge in [0.2, 0.25) is 0 Å². The third kappa shape index (κ3) is 8.79. The van der Waals surface area contributed by atoms with Gasteiger partial charge >= 0.3 is 11.8 Å². The summed E-state index contributed by atoms with van der Waals surface area (Å²) in [5.74, 6) is -5.31. The van der Waals surface area contributed by atoms with Crippen LogP contribution in [0.3, 0.4) is 0 Å². The van der Waals surface area contributed by atoms with E-state index in [-0.39, 0.29) is 68.2 Å². The van der Waals surface area contributed by atoms with Gasteiger partial charge in [-0.05, 0) is 44.1 Å². The van der Waals surface area contributed by atoms with E-state index in [0.717, 1.165) is 6.54 Å². The lowest BCUT2D eigenvalue weighted by Crippen LogP contribution is -2.45. The Labute approximate surface area is 357 Å². The lowest BCUT2D eigenvalue weighted by Gasteiger charge is -2.36. The van der Waals surface area contributed by atoms with Crippen molar-refractivity contribution in [3.8, 4) is 17.2 Å². The monoisotopic (exact) mass is 845 g/mol. The van der Waals surface area contributed by atoms with E-state index >= 15 is 0 Å². The average Bonchev–Trinajstić information content (AvgIpc) is 3.72. The number of Topliss-reactive ketones (excluding diaryl/α,β-unsaturated/α-hetero) is 1. The van der Waals surface area contributed by atoms with E-state index in [2.05, 4.69) is 24.1 Å². The third-order valence-corrected chi connectivity index (χ3v) is 12.8. The number of methoxy groups -OCH3 is 1. The number of anilines is 1. The predicted molar refractivity (Wildman–Crippen MR) is 230 cm³/mol. The van der Waals surface area contributed by atoms with Gasteiger partial charge < -0.3 is 50.2 Å². The van der Waals surface area contributed by atoms with Crippen LogP contribution < -0.4 is 26.5 Å². The van der Waals surface area contributed by atoms with Crippen molar-refractivity contribution in [1.82, 2.24) is 4.90 Å². The molecule has 6 rings (SSSR count). The van der Waals surface area contributed by atoms with Crippen molar-refractivity contribution >= 4 is 34.1 Å². The van der Waals surface area contributed by atoms with Gasteiger partial charge in [0.15, 0.2) is 11.4 Å². The summed E-state index contributed by atoms with van der Waals surface area (Å²) < 4.78 is 24.1. The number of amides is 1. The number of carbonyl (C=O) groups excluding carboxylic acids is 3. The van der Waals surface area contributed by atoms with Crippen LogP contribution in [0.1, 0.15) is 90.6 Å². The summed E-state index contributed by atoms with van der Waals surface area (Å²) in [4.78, 5) is 54.0. The van der Waals surface area contributed by atoms with Gasteiger partial charge in [-0.3, -0.25) is 24.4 Å². The number of allylic oxidation sites excluding steroid dienone is 3. The van der Waals surface area contributed by atoms with Crippen molar-refractivity contribution in [2.24, 2.45) is 45.3 Å². The van der Waals surface area contributed by atoms with Crippen LogP contribution in [0.2, 0.25) is 0 Å². The molecule has 1 spiro atoms. The SMILES string of the molecule is CO[C@H]1/C=C/O[C@@]2(C)Oc3c(C)c(O)c4c(O)c(c5c(c4c3C2=O)=NC2(CCN(CC(C)C)CC2)N=5)NC(=O)/C(C)=C\C=C\[C@H](C)C[C@@H](C)[C@@H](O)[C@@H](C)C(OC(=O)CN)[C@@H]1C. The molecule has 4 heterocycles. The number of benzene rings is 2. The number of aliphatic hydroxyl groups excluding tert-OH is 1. The Kier molecular flexibility index (Phi) is 13.4. The van der Waals surface area contributed by atoms with Gasteiger partial charge in [-0.2, -0.15) is 0 Å². The summed E-state index contributed by atoms with van der Waals surface area (Å²) in [6, 6.07) is 0. The van der Waals surface area contributed by atoms with Gasteiger partial charge in [0.05, 0.1) is 41.3 Å². The van der Waals surface area contributed by atoms with Crippen molar-refractivity contribution in [2.45, 2.75) is 111 Å². The molecule has 4 bridgehead atoms. The number of aliphatic hydroxyl groups is 1. The van der Waals surface area contributed by atoms with E-state index in [0.29, 0.717) is 43.8 Å². The lowest BCUT2D eigenvalue weighted by atomic mass is 9.79. The molecule has 4 aliphatic heterocycles. The molecule has 332 valence electrons. The number of piperidine rings is 1. The number of ketones is 1. The Morgan fingerprint density at radius 1 is 1.03 bits per heavy atom. The highest BCUT2D eigenvalue weighted by Gasteiger charge is 2.50. The molecule has 1 saturated heterocycles. The summed E-state index contributed by atoms with van der Waals surface area (Å²) in [6.45, 7) is 18.6. The molecule has 4 aliphatic rings. The Morgan fingerprint density at radius 2 is 1.70 bits per heavy atom. The molecule has 0 aliphatic carbocycles. The molecule has 6 N–H and O–H groups in total. The van der Waals surface area contributed by atoms with Crippen LogP contribution in [-0.2, 0) is 23.8 Å². The number of ether oxygens (including phenoxy) is 4. The van der Waals surface area contributed by atoms with Crippen LogP contribution >= 0.6 is 0 Å². The van der Waals surface area contributed by atoms with E-state index in [1.54, 1.807) is 32.1 Å². The lowest BCUT2D eigenvalue weighted by molar-refractivity contribution is -0.160. The molecule has 61 heavy (non-hydrogen) atoms. The van der Waals surface area contributed by atoms with E-state index in [1.807, 2.05) is 33.8 Å². The predicted octanol–water partition coefficient (Wildman–Crippen LogP) is 4.72. The van der Waals surface area contributed by atoms with Crippen molar-refractivity contribution in [3.63, 3.8) is 0 Å². The first kappa shape index (κ1) is 45.7. The minimum Gasteiger partial charge on any atom is -0.507 e. The fourth-order valence-corrected chi connectivity index (χ4v) is 9.27. The van der Waals surface area contributed by atoms with Gasteiger partial charge in [-0.15, -0.1) is 0 Å². The largest absolute Gasteiger partial charge is 0.507 e. The number of likely N-dealkylation sites (tertiary alicyclic amines) is 1. The van der Waals surface area contributed by atoms with Crippen LogP contribution in [0.25, 0.3) is 10.8 Å². The second-order valence-corrected chi connectivity index (χ2v) is 18.0. The van der Waals surface area contributed by atoms with Crippen molar-refractivity contribution in [2.75, 3.05) is 38.6 Å². The van der Waals surface area contributed by atoms with Gasteiger partial charge in [-0.1, -0.05) is 59.8 Å². The maximum atomic E-state index is 14.7. The molecule has 1 fully saturated rings. The van der Waals surface area contributed by atoms with Crippen molar-refractivity contribution in [1.29, 1.82) is 0 Å². The molecule has 1 amide bonds. The standard InChI is InChI=1S/C46H63N5O10/c1-23(2)22-51-17-15-46(16-18-51)49-35-32-33-39(54)29(8)42-34(32)43(56)45(9,61-42)59-19-14-30(58-10)27(6)41(60-31(52)21-47)28(7)38(53)26(5)20-24(3)12-11-13-25(4)44(57)48-37(40(33)55)36(35)50-46/h11-14,19,23-24,26-28,30,38,41,53-55H,15-18,20-22,47H2,1-10H3,(H,48,57)/b12-11+,19-14+,25-13-/t24-,26+,27+,28+,30-,38+,41?,45-/m0/s1. The van der Waals surface area contributed by atoms with Gasteiger partial charge in [0, 0.05) is 74.9 Å². The van der Waals surface area contributed by atoms with Crippen LogP contribution in [0.15, 0.2) is 46.1 Å². The van der Waals surface area contributed by atoms with Crippen molar-refractivity contribution in [3.05, 3.63) is 58.0 Å². The zero-order valence-electron chi connectivity index (χ0n) is 37.1. The maximum absolute atomic E-state index is 14.7. The number of nitrogens with zero attached hydrogens (tertiary/aromatic N) is 3. The normalized spacial score (nSPS) is 31.4. The number of nitrogens with two attached hydrogens (primary N) is 1. The van der Waals surface area contributed by atoms with Crippen LogP contribution in [-0.4, -0.2) is 101 Å². The quantitative estimate of drug-likeness (QED) is 0.204. The van der Waals surface area contributed by atoms with E-state index in [4.69, 9.17) is 34.7 Å².